The molecule has 0 radical (unpaired) electrons. The van der Waals surface area contributed by atoms with Crippen molar-refractivity contribution in [2.75, 3.05) is 24.3 Å². The van der Waals surface area contributed by atoms with Crippen LogP contribution in [0.5, 0.6) is 11.5 Å². The summed E-state index contributed by atoms with van der Waals surface area (Å²) in [5, 5.41) is 10.8. The number of methoxy groups -OCH3 is 1. The summed E-state index contributed by atoms with van der Waals surface area (Å²) in [5.41, 5.74) is 3.62. The van der Waals surface area contributed by atoms with Gasteiger partial charge in [-0.25, -0.2) is 4.31 Å². The molecule has 1 atom stereocenters. The Hall–Kier alpha value is -2.28. The molecule has 6 heteroatoms. The first-order chi connectivity index (χ1) is 16.6. The molecule has 34 heavy (non-hydrogen) atoms. The van der Waals surface area contributed by atoms with E-state index in [9.17, 15) is 5.11 Å². The van der Waals surface area contributed by atoms with Gasteiger partial charge in [0.1, 0.15) is 11.5 Å². The van der Waals surface area contributed by atoms with Gasteiger partial charge in [0, 0.05) is 24.8 Å². The molecule has 3 aromatic carbocycles. The lowest BCUT2D eigenvalue weighted by molar-refractivity contribution is 0.328. The third-order valence-corrected chi connectivity index (χ3v) is 8.22. The molecule has 1 unspecified atom stereocenters. The Bertz CT molecular complexity index is 1060. The standard InChI is InChI=1S/C28H34N2O2S2/c1-4-6-10-23-20-29(22-11-8-7-9-12-22)25-17-28(33-5-2)26(31)18-27(25)34-30(23)19-21-13-15-24(32-3)16-14-21/h7-9,11-18,23,31H,4-6,10,19-20H2,1-3H3. The van der Waals surface area contributed by atoms with Gasteiger partial charge in [-0.05, 0) is 66.1 Å². The van der Waals surface area contributed by atoms with Crippen LogP contribution in [-0.4, -0.2) is 34.9 Å². The molecule has 1 aliphatic heterocycles. The highest BCUT2D eigenvalue weighted by molar-refractivity contribution is 7.99. The Labute approximate surface area is 212 Å². The highest BCUT2D eigenvalue weighted by Crippen LogP contribution is 2.46. The topological polar surface area (TPSA) is 35.9 Å². The first-order valence-corrected chi connectivity index (χ1v) is 13.8. The number of nitrogens with zero attached hydrogens (tertiary/aromatic N) is 2. The van der Waals surface area contributed by atoms with E-state index < -0.39 is 0 Å². The van der Waals surface area contributed by atoms with E-state index in [1.807, 2.05) is 18.2 Å². The van der Waals surface area contributed by atoms with Crippen molar-refractivity contribution in [1.82, 2.24) is 4.31 Å². The Morgan fingerprint density at radius 2 is 1.82 bits per heavy atom. The van der Waals surface area contributed by atoms with E-state index in [-0.39, 0.29) is 0 Å². The van der Waals surface area contributed by atoms with E-state index in [1.165, 1.54) is 29.8 Å². The Kier molecular flexibility index (Phi) is 8.70. The van der Waals surface area contributed by atoms with E-state index in [2.05, 4.69) is 71.6 Å². The minimum absolute atomic E-state index is 0.363. The number of phenols is 1. The van der Waals surface area contributed by atoms with Crippen LogP contribution in [0.15, 0.2) is 76.5 Å². The van der Waals surface area contributed by atoms with Gasteiger partial charge in [0.2, 0.25) is 0 Å². The number of hydrogen-bond acceptors (Lipinski definition) is 6. The molecular formula is C28H34N2O2S2. The maximum Gasteiger partial charge on any atom is 0.130 e. The van der Waals surface area contributed by atoms with Gasteiger partial charge in [-0.2, -0.15) is 0 Å². The molecule has 1 aliphatic rings. The normalized spacial score (nSPS) is 16.2. The maximum atomic E-state index is 10.8. The zero-order valence-corrected chi connectivity index (χ0v) is 21.9. The highest BCUT2D eigenvalue weighted by atomic mass is 32.2. The first kappa shape index (κ1) is 24.8. The van der Waals surface area contributed by atoms with Crippen molar-refractivity contribution in [3.63, 3.8) is 0 Å². The van der Waals surface area contributed by atoms with Crippen LogP contribution in [0, 0.1) is 0 Å². The Morgan fingerprint density at radius 1 is 1.06 bits per heavy atom. The molecule has 4 nitrogen and oxygen atoms in total. The van der Waals surface area contributed by atoms with Gasteiger partial charge < -0.3 is 14.7 Å². The summed E-state index contributed by atoms with van der Waals surface area (Å²) in [6.07, 6.45) is 3.49. The average Bonchev–Trinajstić information content (AvgIpc) is 3.00. The van der Waals surface area contributed by atoms with Crippen molar-refractivity contribution >= 4 is 35.1 Å². The van der Waals surface area contributed by atoms with Crippen LogP contribution in [0.1, 0.15) is 38.7 Å². The fraction of sp³-hybridized carbons (Fsp3) is 0.357. The molecule has 0 bridgehead atoms. The highest BCUT2D eigenvalue weighted by Gasteiger charge is 2.30. The van der Waals surface area contributed by atoms with Crippen molar-refractivity contribution in [3.05, 3.63) is 72.3 Å². The number of phenolic OH excluding ortho intramolecular Hbond substituents is 1. The number of thioether (sulfide) groups is 1. The lowest BCUT2D eigenvalue weighted by atomic mass is 10.1. The number of para-hydroxylation sites is 1. The van der Waals surface area contributed by atoms with Crippen LogP contribution in [0.2, 0.25) is 0 Å². The number of rotatable bonds is 9. The monoisotopic (exact) mass is 494 g/mol. The zero-order valence-electron chi connectivity index (χ0n) is 20.2. The summed E-state index contributed by atoms with van der Waals surface area (Å²) >= 11 is 3.46. The van der Waals surface area contributed by atoms with Crippen molar-refractivity contribution < 1.29 is 9.84 Å². The molecule has 4 rings (SSSR count). The Balaban J connectivity index is 1.75. The maximum absolute atomic E-state index is 10.8. The largest absolute Gasteiger partial charge is 0.507 e. The minimum Gasteiger partial charge on any atom is -0.507 e. The molecule has 1 N–H and O–H groups in total. The summed E-state index contributed by atoms with van der Waals surface area (Å²) in [6, 6.07) is 23.5. The summed E-state index contributed by atoms with van der Waals surface area (Å²) in [4.78, 5) is 4.47. The first-order valence-electron chi connectivity index (χ1n) is 12.0. The molecule has 0 aromatic heterocycles. The molecular weight excluding hydrogens is 460 g/mol. The van der Waals surface area contributed by atoms with Gasteiger partial charge in [-0.15, -0.1) is 11.8 Å². The zero-order chi connectivity index (χ0) is 23.9. The lowest BCUT2D eigenvalue weighted by Crippen LogP contribution is -2.37. The number of anilines is 2. The Morgan fingerprint density at radius 3 is 2.50 bits per heavy atom. The van der Waals surface area contributed by atoms with Gasteiger partial charge >= 0.3 is 0 Å². The molecule has 3 aromatic rings. The van der Waals surface area contributed by atoms with Crippen molar-refractivity contribution in [1.29, 1.82) is 0 Å². The third kappa shape index (κ3) is 5.85. The second-order valence-corrected chi connectivity index (χ2v) is 10.9. The summed E-state index contributed by atoms with van der Waals surface area (Å²) in [6.45, 7) is 6.11. The van der Waals surface area contributed by atoms with Gasteiger partial charge in [-0.1, -0.05) is 57.0 Å². The van der Waals surface area contributed by atoms with Crippen molar-refractivity contribution in [2.45, 2.75) is 55.5 Å². The minimum atomic E-state index is 0.363. The molecule has 0 aliphatic carbocycles. The lowest BCUT2D eigenvalue weighted by Gasteiger charge is -2.32. The van der Waals surface area contributed by atoms with E-state index in [0.717, 1.165) is 40.8 Å². The van der Waals surface area contributed by atoms with E-state index in [4.69, 9.17) is 4.74 Å². The van der Waals surface area contributed by atoms with Crippen molar-refractivity contribution in [3.8, 4) is 11.5 Å². The number of unbranched alkanes of at least 4 members (excludes halogenated alkanes) is 1. The van der Waals surface area contributed by atoms with Gasteiger partial charge in [0.05, 0.1) is 22.6 Å². The predicted molar refractivity (Wildman–Crippen MR) is 146 cm³/mol. The number of fused-ring (bicyclic) bond motifs is 1. The third-order valence-electron chi connectivity index (χ3n) is 6.10. The van der Waals surface area contributed by atoms with Crippen LogP contribution in [-0.2, 0) is 6.54 Å². The molecule has 0 fully saturated rings. The number of ether oxygens (including phenoxy) is 1. The van der Waals surface area contributed by atoms with E-state index in [0.29, 0.717) is 11.8 Å². The number of hydrogen-bond donors (Lipinski definition) is 1. The fourth-order valence-electron chi connectivity index (χ4n) is 4.29. The SMILES string of the molecule is CCCCC1CN(c2ccccc2)c2cc(SCC)c(O)cc2SN1Cc1ccc(OC)cc1. The predicted octanol–water partition coefficient (Wildman–Crippen LogP) is 7.73. The van der Waals surface area contributed by atoms with Crippen LogP contribution in [0.25, 0.3) is 0 Å². The molecule has 0 spiro atoms. The van der Waals surface area contributed by atoms with Gasteiger partial charge in [0.15, 0.2) is 0 Å². The van der Waals surface area contributed by atoms with E-state index in [1.54, 1.807) is 30.8 Å². The molecule has 1 heterocycles. The van der Waals surface area contributed by atoms with Crippen LogP contribution in [0.3, 0.4) is 0 Å². The van der Waals surface area contributed by atoms with Gasteiger partial charge in [-0.3, -0.25) is 0 Å². The summed E-state index contributed by atoms with van der Waals surface area (Å²) in [7, 11) is 1.70. The quantitative estimate of drug-likeness (QED) is 0.242. The molecule has 0 amide bonds. The number of aromatic hydroxyl groups is 1. The van der Waals surface area contributed by atoms with Gasteiger partial charge in [0.25, 0.3) is 0 Å². The molecule has 0 saturated carbocycles. The smallest absolute Gasteiger partial charge is 0.130 e. The fourth-order valence-corrected chi connectivity index (χ4v) is 6.22. The second kappa shape index (κ2) is 11.9. The van der Waals surface area contributed by atoms with Crippen LogP contribution < -0.4 is 9.64 Å². The molecule has 180 valence electrons. The van der Waals surface area contributed by atoms with Crippen LogP contribution in [0.4, 0.5) is 11.4 Å². The average molecular weight is 495 g/mol. The van der Waals surface area contributed by atoms with Crippen molar-refractivity contribution in [2.24, 2.45) is 0 Å². The number of benzene rings is 3. The van der Waals surface area contributed by atoms with E-state index >= 15 is 0 Å². The molecule has 0 saturated heterocycles. The summed E-state index contributed by atoms with van der Waals surface area (Å²) < 4.78 is 7.86. The summed E-state index contributed by atoms with van der Waals surface area (Å²) in [5.74, 6) is 2.16. The second-order valence-electron chi connectivity index (χ2n) is 8.48. The van der Waals surface area contributed by atoms with Crippen LogP contribution >= 0.6 is 23.7 Å².